The van der Waals surface area contributed by atoms with Crippen molar-refractivity contribution in [2.75, 3.05) is 0 Å². The number of hydrogen-bond acceptors (Lipinski definition) is 6. The first-order chi connectivity index (χ1) is 15.4. The highest BCUT2D eigenvalue weighted by molar-refractivity contribution is 8.00. The van der Waals surface area contributed by atoms with Crippen LogP contribution < -0.4 is 0 Å². The topological polar surface area (TPSA) is 37.3 Å². The molecular formula is C22H14Cl4O2S4. The quantitative estimate of drug-likeness (QED) is 0.231. The van der Waals surface area contributed by atoms with Crippen LogP contribution in [-0.2, 0) is 6.61 Å². The van der Waals surface area contributed by atoms with E-state index in [-0.39, 0.29) is 6.61 Å². The van der Waals surface area contributed by atoms with Crippen LogP contribution in [0.2, 0.25) is 18.7 Å². The van der Waals surface area contributed by atoms with Gasteiger partial charge in [-0.3, -0.25) is 4.79 Å². The monoisotopic (exact) mass is 578 g/mol. The predicted molar refractivity (Wildman–Crippen MR) is 141 cm³/mol. The van der Waals surface area contributed by atoms with Crippen molar-refractivity contribution in [3.05, 3.63) is 89.1 Å². The van der Waals surface area contributed by atoms with Gasteiger partial charge in [-0.2, -0.15) is 0 Å². The smallest absolute Gasteiger partial charge is 0.160 e. The highest BCUT2D eigenvalue weighted by Gasteiger charge is 2.09. The number of carbonyl (C=O) groups is 1. The first-order valence-corrected chi connectivity index (χ1v) is 13.7. The van der Waals surface area contributed by atoms with Crippen molar-refractivity contribution < 1.29 is 9.90 Å². The molecule has 0 amide bonds. The van der Waals surface area contributed by atoms with Crippen LogP contribution >= 0.6 is 92.6 Å². The number of aliphatic hydroxyl groups excluding tert-OH is 1. The molecule has 0 saturated heterocycles. The van der Waals surface area contributed by atoms with E-state index in [2.05, 4.69) is 0 Å². The maximum atomic E-state index is 10.6. The molecule has 0 saturated carbocycles. The Morgan fingerprint density at radius 2 is 1.31 bits per heavy atom. The fourth-order valence-corrected chi connectivity index (χ4v) is 7.36. The molecule has 0 aliphatic carbocycles. The van der Waals surface area contributed by atoms with Crippen LogP contribution in [0, 0.1) is 0 Å². The summed E-state index contributed by atoms with van der Waals surface area (Å²) in [6.07, 6.45) is 0.804. The molecule has 0 spiro atoms. The molecule has 2 heterocycles. The van der Waals surface area contributed by atoms with E-state index in [0.717, 1.165) is 30.7 Å². The van der Waals surface area contributed by atoms with Gasteiger partial charge in [-0.15, -0.1) is 22.7 Å². The van der Waals surface area contributed by atoms with E-state index in [4.69, 9.17) is 51.5 Å². The molecule has 0 atom stereocenters. The van der Waals surface area contributed by atoms with Crippen LogP contribution in [0.1, 0.15) is 14.5 Å². The van der Waals surface area contributed by atoms with Gasteiger partial charge in [-0.05, 0) is 48.5 Å². The Morgan fingerprint density at radius 1 is 0.781 bits per heavy atom. The molecule has 2 nitrogen and oxygen atoms in total. The van der Waals surface area contributed by atoms with Gasteiger partial charge >= 0.3 is 0 Å². The highest BCUT2D eigenvalue weighted by Crippen LogP contribution is 2.40. The van der Waals surface area contributed by atoms with Crippen LogP contribution in [0.15, 0.2) is 80.2 Å². The van der Waals surface area contributed by atoms with Gasteiger partial charge in [0, 0.05) is 34.5 Å². The lowest BCUT2D eigenvalue weighted by Crippen LogP contribution is -1.73. The zero-order chi connectivity index (χ0) is 23.1. The number of benzene rings is 2. The second-order valence-electron chi connectivity index (χ2n) is 6.03. The zero-order valence-electron chi connectivity index (χ0n) is 16.1. The summed E-state index contributed by atoms with van der Waals surface area (Å²) in [7, 11) is 0. The van der Waals surface area contributed by atoms with E-state index in [1.165, 1.54) is 34.4 Å². The number of halogens is 4. The Hall–Kier alpha value is -0.670. The van der Waals surface area contributed by atoms with Gasteiger partial charge in [0.25, 0.3) is 0 Å². The molecule has 0 aliphatic heterocycles. The van der Waals surface area contributed by atoms with E-state index in [1.54, 1.807) is 17.8 Å². The molecule has 32 heavy (non-hydrogen) atoms. The third-order valence-electron chi connectivity index (χ3n) is 3.70. The number of rotatable bonds is 6. The van der Waals surface area contributed by atoms with E-state index in [0.29, 0.717) is 23.6 Å². The van der Waals surface area contributed by atoms with E-state index in [9.17, 15) is 4.79 Å². The first-order valence-electron chi connectivity index (χ1n) is 8.88. The Balaban J connectivity index is 0.000000181. The minimum absolute atomic E-state index is 0.0283. The van der Waals surface area contributed by atoms with Crippen molar-refractivity contribution in [2.24, 2.45) is 0 Å². The lowest BCUT2D eigenvalue weighted by molar-refractivity contribution is 0.112. The third kappa shape index (κ3) is 7.69. The first kappa shape index (κ1) is 25.9. The number of carbonyl (C=O) groups excluding carboxylic acids is 1. The van der Waals surface area contributed by atoms with Gasteiger partial charge in [0.2, 0.25) is 0 Å². The lowest BCUT2D eigenvalue weighted by atomic mass is 10.4. The van der Waals surface area contributed by atoms with Crippen molar-refractivity contribution in [1.82, 2.24) is 0 Å². The second kappa shape index (κ2) is 12.7. The molecule has 0 bridgehead atoms. The summed E-state index contributed by atoms with van der Waals surface area (Å²) in [4.78, 5) is 16.0. The number of aldehydes is 1. The Bertz CT molecular complexity index is 1210. The van der Waals surface area contributed by atoms with Gasteiger partial charge < -0.3 is 5.11 Å². The molecule has 4 rings (SSSR count). The Kier molecular flexibility index (Phi) is 10.3. The standard InChI is InChI=1S/C11H8Cl2OS2.C11H6Cl2OS2/c2*12-7-2-1-3-8(4-7)15-10-5-9(6-14)16-11(10)13/h1-5,14H,6H2;1-6H. The van der Waals surface area contributed by atoms with Crippen LogP contribution in [-0.4, -0.2) is 11.4 Å². The van der Waals surface area contributed by atoms with Crippen molar-refractivity contribution in [3.8, 4) is 0 Å². The molecule has 0 aliphatic rings. The fourth-order valence-electron chi connectivity index (χ4n) is 2.36. The van der Waals surface area contributed by atoms with E-state index >= 15 is 0 Å². The van der Waals surface area contributed by atoms with Gasteiger partial charge in [-0.1, -0.05) is 82.1 Å². The van der Waals surface area contributed by atoms with E-state index in [1.807, 2.05) is 54.6 Å². The molecule has 4 aromatic rings. The average Bonchev–Trinajstić information content (AvgIpc) is 3.30. The molecule has 10 heteroatoms. The summed E-state index contributed by atoms with van der Waals surface area (Å²) in [5.74, 6) is 0. The van der Waals surface area contributed by atoms with E-state index < -0.39 is 0 Å². The highest BCUT2D eigenvalue weighted by atomic mass is 35.5. The van der Waals surface area contributed by atoms with Crippen LogP contribution in [0.3, 0.4) is 0 Å². The van der Waals surface area contributed by atoms with Crippen molar-refractivity contribution in [1.29, 1.82) is 0 Å². The third-order valence-corrected chi connectivity index (χ3v) is 9.34. The van der Waals surface area contributed by atoms with Crippen LogP contribution in [0.25, 0.3) is 0 Å². The largest absolute Gasteiger partial charge is 0.391 e. The Labute approximate surface area is 222 Å². The van der Waals surface area contributed by atoms with Gasteiger partial charge in [0.15, 0.2) is 6.29 Å². The fraction of sp³-hybridized carbons (Fsp3) is 0.0455. The lowest BCUT2D eigenvalue weighted by Gasteiger charge is -1.99. The van der Waals surface area contributed by atoms with Crippen molar-refractivity contribution >= 4 is 98.9 Å². The van der Waals surface area contributed by atoms with Crippen LogP contribution in [0.4, 0.5) is 0 Å². The molecule has 2 aromatic carbocycles. The molecule has 0 unspecified atom stereocenters. The number of hydrogen-bond donors (Lipinski definition) is 1. The minimum Gasteiger partial charge on any atom is -0.391 e. The summed E-state index contributed by atoms with van der Waals surface area (Å²) in [6, 6.07) is 18.8. The molecular weight excluding hydrogens is 566 g/mol. The summed E-state index contributed by atoms with van der Waals surface area (Å²) >= 11 is 29.6. The maximum absolute atomic E-state index is 10.6. The Morgan fingerprint density at radius 3 is 1.75 bits per heavy atom. The molecule has 2 aromatic heterocycles. The number of aliphatic hydroxyl groups is 1. The normalized spacial score (nSPS) is 10.5. The van der Waals surface area contributed by atoms with Gasteiger partial charge in [0.1, 0.15) is 8.67 Å². The minimum atomic E-state index is 0.0283. The molecule has 1 N–H and O–H groups in total. The molecule has 166 valence electrons. The summed E-state index contributed by atoms with van der Waals surface area (Å²) in [6.45, 7) is 0.0283. The molecule has 0 fully saturated rings. The molecule has 0 radical (unpaired) electrons. The summed E-state index contributed by atoms with van der Waals surface area (Å²) in [5, 5.41) is 10.4. The van der Waals surface area contributed by atoms with Crippen molar-refractivity contribution in [2.45, 2.75) is 26.2 Å². The summed E-state index contributed by atoms with van der Waals surface area (Å²) in [5.41, 5.74) is 0. The summed E-state index contributed by atoms with van der Waals surface area (Å²) < 4.78 is 1.33. The predicted octanol–water partition coefficient (Wildman–Crippen LogP) is 9.72. The number of thiophene rings is 2. The second-order valence-corrected chi connectivity index (χ2v) is 12.6. The zero-order valence-corrected chi connectivity index (χ0v) is 22.3. The van der Waals surface area contributed by atoms with Gasteiger partial charge in [0.05, 0.1) is 11.5 Å². The SMILES string of the molecule is O=Cc1cc(Sc2cccc(Cl)c2)c(Cl)s1.OCc1cc(Sc2cccc(Cl)c2)c(Cl)s1. The maximum Gasteiger partial charge on any atom is 0.160 e. The average molecular weight is 580 g/mol. The van der Waals surface area contributed by atoms with Crippen LogP contribution in [0.5, 0.6) is 0 Å². The van der Waals surface area contributed by atoms with Crippen molar-refractivity contribution in [3.63, 3.8) is 0 Å². The van der Waals surface area contributed by atoms with Gasteiger partial charge in [-0.25, -0.2) is 0 Å².